The van der Waals surface area contributed by atoms with Crippen molar-refractivity contribution >= 4 is 11.9 Å². The third kappa shape index (κ3) is 3.06. The summed E-state index contributed by atoms with van der Waals surface area (Å²) < 4.78 is 0. The van der Waals surface area contributed by atoms with E-state index in [-0.39, 0.29) is 11.9 Å². The fourth-order valence-electron chi connectivity index (χ4n) is 1.71. The van der Waals surface area contributed by atoms with Gasteiger partial charge in [0, 0.05) is 12.1 Å². The Morgan fingerprint density at radius 1 is 1.60 bits per heavy atom. The minimum Gasteiger partial charge on any atom is -0.478 e. The van der Waals surface area contributed by atoms with Crippen molar-refractivity contribution in [3.63, 3.8) is 0 Å². The molecule has 0 saturated carbocycles. The fourth-order valence-corrected chi connectivity index (χ4v) is 1.71. The van der Waals surface area contributed by atoms with Crippen LogP contribution in [0.4, 0.5) is 0 Å². The van der Waals surface area contributed by atoms with Crippen LogP contribution in [0.15, 0.2) is 11.6 Å². The van der Waals surface area contributed by atoms with Crippen LogP contribution in [0.2, 0.25) is 0 Å². The van der Waals surface area contributed by atoms with Gasteiger partial charge in [-0.15, -0.1) is 0 Å². The van der Waals surface area contributed by atoms with Crippen molar-refractivity contribution in [2.75, 3.05) is 13.1 Å². The van der Waals surface area contributed by atoms with Gasteiger partial charge >= 0.3 is 5.97 Å². The topological polar surface area (TPSA) is 83.6 Å². The summed E-state index contributed by atoms with van der Waals surface area (Å²) in [5.74, 6) is -1.25. The molecule has 0 spiro atoms. The van der Waals surface area contributed by atoms with Crippen molar-refractivity contribution in [2.45, 2.75) is 25.8 Å². The number of likely N-dealkylation sites (tertiary alicyclic amines) is 1. The van der Waals surface area contributed by atoms with E-state index in [1.807, 2.05) is 4.90 Å². The lowest BCUT2D eigenvalue weighted by molar-refractivity contribution is -0.132. The van der Waals surface area contributed by atoms with Crippen LogP contribution in [0.5, 0.6) is 0 Å². The summed E-state index contributed by atoms with van der Waals surface area (Å²) >= 11 is 0. The number of nitrogens with two attached hydrogens (primary N) is 1. The number of aliphatic carboxylic acids is 1. The zero-order chi connectivity index (χ0) is 11.4. The Morgan fingerprint density at radius 3 is 2.80 bits per heavy atom. The second-order valence-corrected chi connectivity index (χ2v) is 3.75. The average Bonchev–Trinajstić information content (AvgIpc) is 2.61. The van der Waals surface area contributed by atoms with E-state index in [2.05, 4.69) is 0 Å². The van der Waals surface area contributed by atoms with Crippen LogP contribution in [-0.2, 0) is 9.59 Å². The summed E-state index contributed by atoms with van der Waals surface area (Å²) in [6.45, 7) is 2.82. The average molecular weight is 212 g/mol. The maximum absolute atomic E-state index is 11.0. The molecule has 0 aromatic rings. The molecule has 1 fully saturated rings. The summed E-state index contributed by atoms with van der Waals surface area (Å²) in [5.41, 5.74) is 5.53. The Kier molecular flexibility index (Phi) is 3.85. The molecule has 1 aliphatic heterocycles. The first-order valence-corrected chi connectivity index (χ1v) is 4.96. The van der Waals surface area contributed by atoms with Crippen LogP contribution >= 0.6 is 0 Å². The van der Waals surface area contributed by atoms with Crippen LogP contribution in [0.3, 0.4) is 0 Å². The van der Waals surface area contributed by atoms with E-state index >= 15 is 0 Å². The van der Waals surface area contributed by atoms with Gasteiger partial charge in [0.05, 0.1) is 6.04 Å². The molecule has 1 rings (SSSR count). The molecular formula is C10H16N2O3. The molecule has 5 heteroatoms. The third-order valence-electron chi connectivity index (χ3n) is 2.66. The number of amides is 1. The number of nitrogens with zero attached hydrogens (tertiary/aromatic N) is 1. The Labute approximate surface area is 88.5 Å². The monoisotopic (exact) mass is 212 g/mol. The van der Waals surface area contributed by atoms with E-state index in [0.29, 0.717) is 12.1 Å². The number of hydrogen-bond donors (Lipinski definition) is 2. The first-order chi connectivity index (χ1) is 7.02. The molecule has 1 heterocycles. The van der Waals surface area contributed by atoms with E-state index in [0.717, 1.165) is 19.4 Å². The van der Waals surface area contributed by atoms with Gasteiger partial charge in [-0.25, -0.2) is 4.79 Å². The molecule has 0 bridgehead atoms. The van der Waals surface area contributed by atoms with Crippen molar-refractivity contribution in [1.82, 2.24) is 4.90 Å². The molecular weight excluding hydrogens is 196 g/mol. The van der Waals surface area contributed by atoms with E-state index in [1.54, 1.807) is 6.08 Å². The van der Waals surface area contributed by atoms with Crippen molar-refractivity contribution in [3.8, 4) is 0 Å². The first kappa shape index (κ1) is 11.7. The lowest BCUT2D eigenvalue weighted by Gasteiger charge is -2.19. The molecule has 0 radical (unpaired) electrons. The van der Waals surface area contributed by atoms with Crippen molar-refractivity contribution in [2.24, 2.45) is 5.73 Å². The van der Waals surface area contributed by atoms with Gasteiger partial charge in [0.15, 0.2) is 0 Å². The number of hydrogen-bond acceptors (Lipinski definition) is 3. The van der Waals surface area contributed by atoms with Gasteiger partial charge in [-0.3, -0.25) is 9.69 Å². The first-order valence-electron chi connectivity index (χ1n) is 4.96. The van der Waals surface area contributed by atoms with E-state index < -0.39 is 5.97 Å². The lowest BCUT2D eigenvalue weighted by Crippen LogP contribution is -2.40. The normalized spacial score (nSPS) is 23.0. The van der Waals surface area contributed by atoms with Gasteiger partial charge < -0.3 is 10.8 Å². The summed E-state index contributed by atoms with van der Waals surface area (Å²) in [4.78, 5) is 23.5. The standard InChI is InChI=1S/C10H16N2O3/c1-7(10(14)15)4-6-12-5-2-3-8(12)9(11)13/h4,8H,2-3,5-6H2,1H3,(H2,11,13)(H,14,15). The van der Waals surface area contributed by atoms with E-state index in [4.69, 9.17) is 10.8 Å². The van der Waals surface area contributed by atoms with Gasteiger partial charge in [-0.05, 0) is 26.3 Å². The predicted octanol–water partition coefficient (Wildman–Crippen LogP) is -0.0330. The predicted molar refractivity (Wildman–Crippen MR) is 55.2 cm³/mol. The molecule has 1 unspecified atom stereocenters. The second-order valence-electron chi connectivity index (χ2n) is 3.75. The Balaban J connectivity index is 2.55. The number of primary amides is 1. The van der Waals surface area contributed by atoms with Crippen molar-refractivity contribution in [1.29, 1.82) is 0 Å². The number of carbonyl (C=O) groups is 2. The van der Waals surface area contributed by atoms with Gasteiger partial charge in [0.2, 0.25) is 5.91 Å². The molecule has 1 saturated heterocycles. The molecule has 84 valence electrons. The molecule has 1 amide bonds. The number of carboxylic acid groups (broad SMARTS) is 1. The van der Waals surface area contributed by atoms with Gasteiger partial charge in [-0.2, -0.15) is 0 Å². The highest BCUT2D eigenvalue weighted by atomic mass is 16.4. The smallest absolute Gasteiger partial charge is 0.330 e. The lowest BCUT2D eigenvalue weighted by atomic mass is 10.2. The molecule has 3 N–H and O–H groups in total. The van der Waals surface area contributed by atoms with Gasteiger partial charge in [-0.1, -0.05) is 6.08 Å². The van der Waals surface area contributed by atoms with Crippen LogP contribution in [0.1, 0.15) is 19.8 Å². The van der Waals surface area contributed by atoms with Gasteiger partial charge in [0.1, 0.15) is 0 Å². The summed E-state index contributed by atoms with van der Waals surface area (Å²) in [6, 6.07) is -0.233. The maximum Gasteiger partial charge on any atom is 0.330 e. The molecule has 5 nitrogen and oxygen atoms in total. The Hall–Kier alpha value is -1.36. The fraction of sp³-hybridized carbons (Fsp3) is 0.600. The minimum absolute atomic E-state index is 0.233. The highest BCUT2D eigenvalue weighted by molar-refractivity contribution is 5.85. The molecule has 15 heavy (non-hydrogen) atoms. The highest BCUT2D eigenvalue weighted by Gasteiger charge is 2.27. The third-order valence-corrected chi connectivity index (χ3v) is 2.66. The zero-order valence-corrected chi connectivity index (χ0v) is 8.77. The Bertz CT molecular complexity index is 299. The summed E-state index contributed by atoms with van der Waals surface area (Å²) in [6.07, 6.45) is 3.33. The largest absolute Gasteiger partial charge is 0.478 e. The van der Waals surface area contributed by atoms with Crippen LogP contribution in [0.25, 0.3) is 0 Å². The second kappa shape index (κ2) is 4.93. The maximum atomic E-state index is 11.0. The van der Waals surface area contributed by atoms with Crippen molar-refractivity contribution < 1.29 is 14.7 Å². The van der Waals surface area contributed by atoms with E-state index in [1.165, 1.54) is 6.92 Å². The van der Waals surface area contributed by atoms with Crippen LogP contribution < -0.4 is 5.73 Å². The SMILES string of the molecule is CC(=CCN1CCCC1C(N)=O)C(=O)O. The number of rotatable bonds is 4. The molecule has 1 atom stereocenters. The number of carboxylic acids is 1. The molecule has 0 aromatic heterocycles. The number of carbonyl (C=O) groups excluding carboxylic acids is 1. The molecule has 1 aliphatic rings. The molecule has 0 aromatic carbocycles. The zero-order valence-electron chi connectivity index (χ0n) is 8.77. The molecule has 0 aliphatic carbocycles. The summed E-state index contributed by atoms with van der Waals surface area (Å²) in [7, 11) is 0. The quantitative estimate of drug-likeness (QED) is 0.641. The highest BCUT2D eigenvalue weighted by Crippen LogP contribution is 2.16. The van der Waals surface area contributed by atoms with Gasteiger partial charge in [0.25, 0.3) is 0 Å². The minimum atomic E-state index is -0.926. The van der Waals surface area contributed by atoms with Crippen LogP contribution in [-0.4, -0.2) is 41.0 Å². The van der Waals surface area contributed by atoms with Crippen molar-refractivity contribution in [3.05, 3.63) is 11.6 Å². The van der Waals surface area contributed by atoms with E-state index in [9.17, 15) is 9.59 Å². The Morgan fingerprint density at radius 2 is 2.27 bits per heavy atom. The van der Waals surface area contributed by atoms with Crippen LogP contribution in [0, 0.1) is 0 Å². The summed E-state index contributed by atoms with van der Waals surface area (Å²) in [5, 5.41) is 8.65.